The minimum Gasteiger partial charge on any atom is -0.481 e. The highest BCUT2D eigenvalue weighted by Gasteiger charge is 2.22. The summed E-state index contributed by atoms with van der Waals surface area (Å²) in [7, 11) is 2.90. The molecule has 0 bridgehead atoms. The number of esters is 1. The van der Waals surface area contributed by atoms with Gasteiger partial charge in [0.05, 0.1) is 13.0 Å². The molecule has 2 N–H and O–H groups in total. The fourth-order valence-electron chi connectivity index (χ4n) is 1.31. The number of carboxylic acid groups (broad SMARTS) is 1. The smallest absolute Gasteiger partial charge is 0.317 e. The second-order valence-electron chi connectivity index (χ2n) is 4.47. The molecular formula is C12H22N2O5. The number of urea groups is 1. The normalized spacial score (nSPS) is 13.3. The molecule has 0 heterocycles. The van der Waals surface area contributed by atoms with E-state index < -0.39 is 17.9 Å². The molecule has 0 fully saturated rings. The van der Waals surface area contributed by atoms with Gasteiger partial charge in [0, 0.05) is 26.1 Å². The molecule has 0 aromatic heterocycles. The molecule has 110 valence electrons. The minimum atomic E-state index is -0.957. The van der Waals surface area contributed by atoms with E-state index in [0.717, 1.165) is 0 Å². The molecule has 7 nitrogen and oxygen atoms in total. The Kier molecular flexibility index (Phi) is 7.55. The lowest BCUT2D eigenvalue weighted by molar-refractivity contribution is -0.142. The third-order valence-electron chi connectivity index (χ3n) is 2.94. The molecule has 19 heavy (non-hydrogen) atoms. The molecule has 0 aliphatic heterocycles. The zero-order valence-electron chi connectivity index (χ0n) is 11.8. The number of methoxy groups -OCH3 is 1. The van der Waals surface area contributed by atoms with Gasteiger partial charge in [-0.15, -0.1) is 0 Å². The van der Waals surface area contributed by atoms with Gasteiger partial charge in [-0.05, 0) is 20.3 Å². The molecule has 0 saturated heterocycles. The molecule has 2 unspecified atom stereocenters. The van der Waals surface area contributed by atoms with Gasteiger partial charge in [0.15, 0.2) is 0 Å². The number of carboxylic acids is 1. The van der Waals surface area contributed by atoms with Gasteiger partial charge in [0.2, 0.25) is 0 Å². The fourth-order valence-corrected chi connectivity index (χ4v) is 1.31. The summed E-state index contributed by atoms with van der Waals surface area (Å²) >= 11 is 0. The first kappa shape index (κ1) is 17.2. The standard InChI is InChI=1S/C12H22N2O5/c1-8(11(16)17)9(2)13-12(18)14(3)7-5-6-10(15)19-4/h8-9H,5-7H2,1-4H3,(H,13,18)(H,16,17). The number of aliphatic carboxylic acids is 1. The Labute approximate surface area is 112 Å². The van der Waals surface area contributed by atoms with Crippen LogP contribution in [0, 0.1) is 5.92 Å². The van der Waals surface area contributed by atoms with Crippen LogP contribution in [0.5, 0.6) is 0 Å². The van der Waals surface area contributed by atoms with Crippen molar-refractivity contribution in [2.75, 3.05) is 20.7 Å². The van der Waals surface area contributed by atoms with E-state index in [1.165, 1.54) is 18.9 Å². The van der Waals surface area contributed by atoms with E-state index in [-0.39, 0.29) is 18.4 Å². The van der Waals surface area contributed by atoms with Crippen LogP contribution in [-0.4, -0.2) is 54.7 Å². The van der Waals surface area contributed by atoms with Crippen molar-refractivity contribution in [1.82, 2.24) is 10.2 Å². The van der Waals surface area contributed by atoms with Gasteiger partial charge < -0.3 is 20.1 Å². The topological polar surface area (TPSA) is 95.9 Å². The number of carbonyl (C=O) groups is 3. The van der Waals surface area contributed by atoms with Crippen molar-refractivity contribution in [3.8, 4) is 0 Å². The molecule has 2 amide bonds. The Morgan fingerprint density at radius 1 is 1.32 bits per heavy atom. The van der Waals surface area contributed by atoms with Crippen LogP contribution in [-0.2, 0) is 14.3 Å². The van der Waals surface area contributed by atoms with Crippen molar-refractivity contribution in [1.29, 1.82) is 0 Å². The average molecular weight is 274 g/mol. The van der Waals surface area contributed by atoms with Crippen LogP contribution in [0.25, 0.3) is 0 Å². The van der Waals surface area contributed by atoms with Crippen LogP contribution in [0.1, 0.15) is 26.7 Å². The Balaban J connectivity index is 4.06. The molecule has 0 aliphatic rings. The quantitative estimate of drug-likeness (QED) is 0.666. The minimum absolute atomic E-state index is 0.245. The summed E-state index contributed by atoms with van der Waals surface area (Å²) in [6, 6.07) is -0.821. The van der Waals surface area contributed by atoms with Crippen LogP contribution in [0.2, 0.25) is 0 Å². The van der Waals surface area contributed by atoms with Crippen LogP contribution in [0.15, 0.2) is 0 Å². The Hall–Kier alpha value is -1.79. The van der Waals surface area contributed by atoms with Crippen LogP contribution in [0.4, 0.5) is 4.79 Å². The van der Waals surface area contributed by atoms with Gasteiger partial charge in [-0.1, -0.05) is 0 Å². The lowest BCUT2D eigenvalue weighted by atomic mass is 10.0. The second kappa shape index (κ2) is 8.34. The third-order valence-corrected chi connectivity index (χ3v) is 2.94. The van der Waals surface area contributed by atoms with E-state index in [1.807, 2.05) is 0 Å². The van der Waals surface area contributed by atoms with Crippen LogP contribution in [0.3, 0.4) is 0 Å². The molecule has 7 heteroatoms. The van der Waals surface area contributed by atoms with Crippen molar-refractivity contribution >= 4 is 18.0 Å². The number of ether oxygens (including phenoxy) is 1. The van der Waals surface area contributed by atoms with Crippen molar-refractivity contribution in [3.63, 3.8) is 0 Å². The summed E-state index contributed by atoms with van der Waals surface area (Å²) in [6.07, 6.45) is 0.745. The van der Waals surface area contributed by atoms with Crippen LogP contribution < -0.4 is 5.32 Å². The fraction of sp³-hybridized carbons (Fsp3) is 0.750. The highest BCUT2D eigenvalue weighted by molar-refractivity contribution is 5.76. The van der Waals surface area contributed by atoms with E-state index in [2.05, 4.69) is 10.1 Å². The van der Waals surface area contributed by atoms with Crippen LogP contribution >= 0.6 is 0 Å². The maximum absolute atomic E-state index is 11.7. The SMILES string of the molecule is COC(=O)CCCN(C)C(=O)NC(C)C(C)C(=O)O. The van der Waals surface area contributed by atoms with Gasteiger partial charge in [0.1, 0.15) is 0 Å². The second-order valence-corrected chi connectivity index (χ2v) is 4.47. The Bertz CT molecular complexity index is 332. The number of nitrogens with zero attached hydrogens (tertiary/aromatic N) is 1. The molecule has 0 aliphatic carbocycles. The van der Waals surface area contributed by atoms with E-state index in [0.29, 0.717) is 13.0 Å². The highest BCUT2D eigenvalue weighted by atomic mass is 16.5. The predicted octanol–water partition coefficient (Wildman–Crippen LogP) is 0.690. The summed E-state index contributed by atoms with van der Waals surface area (Å²) in [5.74, 6) is -1.93. The Morgan fingerprint density at radius 2 is 1.89 bits per heavy atom. The zero-order valence-corrected chi connectivity index (χ0v) is 11.8. The molecule has 0 spiro atoms. The van der Waals surface area contributed by atoms with Crippen molar-refractivity contribution in [2.24, 2.45) is 5.92 Å². The summed E-state index contributed by atoms with van der Waals surface area (Å²) < 4.78 is 4.49. The summed E-state index contributed by atoms with van der Waals surface area (Å²) in [6.45, 7) is 3.57. The van der Waals surface area contributed by atoms with E-state index in [9.17, 15) is 14.4 Å². The van der Waals surface area contributed by atoms with E-state index >= 15 is 0 Å². The molecular weight excluding hydrogens is 252 g/mol. The number of carbonyl (C=O) groups excluding carboxylic acids is 2. The van der Waals surface area contributed by atoms with Gasteiger partial charge in [-0.25, -0.2) is 4.79 Å². The largest absolute Gasteiger partial charge is 0.481 e. The first-order valence-electron chi connectivity index (χ1n) is 6.10. The molecule has 0 rings (SSSR count). The number of hydrogen-bond acceptors (Lipinski definition) is 4. The zero-order chi connectivity index (χ0) is 15.0. The average Bonchev–Trinajstić information content (AvgIpc) is 2.36. The summed E-state index contributed by atoms with van der Waals surface area (Å²) in [5.41, 5.74) is 0. The van der Waals surface area contributed by atoms with Crippen molar-refractivity contribution < 1.29 is 24.2 Å². The van der Waals surface area contributed by atoms with Crippen molar-refractivity contribution in [3.05, 3.63) is 0 Å². The monoisotopic (exact) mass is 274 g/mol. The predicted molar refractivity (Wildman–Crippen MR) is 68.7 cm³/mol. The number of amides is 2. The first-order valence-corrected chi connectivity index (χ1v) is 6.10. The number of hydrogen-bond donors (Lipinski definition) is 2. The molecule has 0 radical (unpaired) electrons. The molecule has 0 saturated carbocycles. The van der Waals surface area contributed by atoms with Gasteiger partial charge >= 0.3 is 18.0 Å². The maximum atomic E-state index is 11.7. The first-order chi connectivity index (χ1) is 8.79. The highest BCUT2D eigenvalue weighted by Crippen LogP contribution is 2.03. The molecule has 0 aromatic carbocycles. The lowest BCUT2D eigenvalue weighted by Crippen LogP contribution is -2.46. The summed E-state index contributed by atoms with van der Waals surface area (Å²) in [5, 5.41) is 11.4. The number of nitrogens with one attached hydrogen (secondary N) is 1. The lowest BCUT2D eigenvalue weighted by Gasteiger charge is -2.23. The molecule has 0 aromatic rings. The van der Waals surface area contributed by atoms with Gasteiger partial charge in [-0.3, -0.25) is 9.59 Å². The van der Waals surface area contributed by atoms with Gasteiger partial charge in [-0.2, -0.15) is 0 Å². The number of rotatable bonds is 7. The molecule has 2 atom stereocenters. The Morgan fingerprint density at radius 3 is 2.37 bits per heavy atom. The third kappa shape index (κ3) is 6.64. The van der Waals surface area contributed by atoms with E-state index in [4.69, 9.17) is 5.11 Å². The van der Waals surface area contributed by atoms with E-state index in [1.54, 1.807) is 14.0 Å². The van der Waals surface area contributed by atoms with Crippen molar-refractivity contribution in [2.45, 2.75) is 32.7 Å². The van der Waals surface area contributed by atoms with Gasteiger partial charge in [0.25, 0.3) is 0 Å². The summed E-state index contributed by atoms with van der Waals surface area (Å²) in [4.78, 5) is 34.8. The maximum Gasteiger partial charge on any atom is 0.317 e.